The van der Waals surface area contributed by atoms with Crippen LogP contribution in [0.1, 0.15) is 51.4 Å². The predicted octanol–water partition coefficient (Wildman–Crippen LogP) is 2.07. The molecule has 1 saturated carbocycles. The molecule has 0 atom stereocenters. The lowest BCUT2D eigenvalue weighted by Crippen LogP contribution is -2.27. The largest absolute Gasteiger partial charge is 0.356 e. The molecule has 3 heteroatoms. The van der Waals surface area contributed by atoms with E-state index in [1.807, 2.05) is 7.05 Å². The second kappa shape index (κ2) is 8.57. The molecule has 1 rings (SSSR count). The quantitative estimate of drug-likeness (QED) is 0.653. The van der Waals surface area contributed by atoms with Crippen molar-refractivity contribution in [1.29, 1.82) is 0 Å². The summed E-state index contributed by atoms with van der Waals surface area (Å²) < 4.78 is 0. The fourth-order valence-electron chi connectivity index (χ4n) is 2.39. The van der Waals surface area contributed by atoms with Gasteiger partial charge in [-0.1, -0.05) is 32.1 Å². The Morgan fingerprint density at radius 3 is 2.62 bits per heavy atom. The number of hydrogen-bond acceptors (Lipinski definition) is 2. The molecule has 0 aromatic carbocycles. The molecule has 0 unspecified atom stereocenters. The highest BCUT2D eigenvalue weighted by Gasteiger charge is 2.14. The SMILES string of the molecule is CNCCCNC(=O)CCC1CCCCC1. The van der Waals surface area contributed by atoms with Crippen molar-refractivity contribution in [3.05, 3.63) is 0 Å². The first-order valence-electron chi connectivity index (χ1n) is 6.74. The van der Waals surface area contributed by atoms with E-state index in [4.69, 9.17) is 0 Å². The first kappa shape index (κ1) is 13.5. The van der Waals surface area contributed by atoms with Gasteiger partial charge < -0.3 is 10.6 Å². The first-order chi connectivity index (χ1) is 7.83. The lowest BCUT2D eigenvalue weighted by Gasteiger charge is -2.20. The molecule has 1 fully saturated rings. The Morgan fingerprint density at radius 1 is 1.19 bits per heavy atom. The number of nitrogens with one attached hydrogen (secondary N) is 2. The third-order valence-electron chi connectivity index (χ3n) is 3.43. The van der Waals surface area contributed by atoms with E-state index in [2.05, 4.69) is 10.6 Å². The summed E-state index contributed by atoms with van der Waals surface area (Å²) in [4.78, 5) is 11.5. The molecule has 1 aliphatic rings. The molecule has 94 valence electrons. The summed E-state index contributed by atoms with van der Waals surface area (Å²) in [6.45, 7) is 1.78. The fraction of sp³-hybridized carbons (Fsp3) is 0.923. The normalized spacial score (nSPS) is 17.3. The van der Waals surface area contributed by atoms with Crippen molar-refractivity contribution in [1.82, 2.24) is 10.6 Å². The van der Waals surface area contributed by atoms with Gasteiger partial charge in [-0.25, -0.2) is 0 Å². The number of rotatable bonds is 7. The highest BCUT2D eigenvalue weighted by atomic mass is 16.1. The monoisotopic (exact) mass is 226 g/mol. The topological polar surface area (TPSA) is 41.1 Å². The summed E-state index contributed by atoms with van der Waals surface area (Å²) in [6.07, 6.45) is 9.66. The minimum Gasteiger partial charge on any atom is -0.356 e. The van der Waals surface area contributed by atoms with Crippen LogP contribution in [0.2, 0.25) is 0 Å². The molecule has 0 aromatic rings. The summed E-state index contributed by atoms with van der Waals surface area (Å²) >= 11 is 0. The molecule has 3 nitrogen and oxygen atoms in total. The van der Waals surface area contributed by atoms with Crippen molar-refractivity contribution in [3.63, 3.8) is 0 Å². The van der Waals surface area contributed by atoms with Crippen LogP contribution in [0, 0.1) is 5.92 Å². The lowest BCUT2D eigenvalue weighted by molar-refractivity contribution is -0.121. The lowest BCUT2D eigenvalue weighted by atomic mass is 9.86. The second-order valence-corrected chi connectivity index (χ2v) is 4.85. The predicted molar refractivity (Wildman–Crippen MR) is 67.4 cm³/mol. The van der Waals surface area contributed by atoms with E-state index < -0.39 is 0 Å². The molecule has 0 aromatic heterocycles. The molecule has 1 amide bonds. The fourth-order valence-corrected chi connectivity index (χ4v) is 2.39. The van der Waals surface area contributed by atoms with Gasteiger partial charge in [-0.05, 0) is 32.4 Å². The van der Waals surface area contributed by atoms with Crippen molar-refractivity contribution >= 4 is 5.91 Å². The van der Waals surface area contributed by atoms with Crippen LogP contribution < -0.4 is 10.6 Å². The molecule has 0 heterocycles. The van der Waals surface area contributed by atoms with Crippen LogP contribution in [-0.4, -0.2) is 26.0 Å². The van der Waals surface area contributed by atoms with Crippen LogP contribution in [-0.2, 0) is 4.79 Å². The van der Waals surface area contributed by atoms with Crippen molar-refractivity contribution < 1.29 is 4.79 Å². The van der Waals surface area contributed by atoms with Gasteiger partial charge in [-0.2, -0.15) is 0 Å². The summed E-state index contributed by atoms with van der Waals surface area (Å²) in [5, 5.41) is 6.05. The van der Waals surface area contributed by atoms with Crippen LogP contribution in [0.3, 0.4) is 0 Å². The molecule has 1 aliphatic carbocycles. The van der Waals surface area contributed by atoms with Crippen molar-refractivity contribution in [2.24, 2.45) is 5.92 Å². The van der Waals surface area contributed by atoms with E-state index in [0.717, 1.165) is 38.3 Å². The number of hydrogen-bond donors (Lipinski definition) is 2. The standard InChI is InChI=1S/C13H26N2O/c1-14-10-5-11-15-13(16)9-8-12-6-3-2-4-7-12/h12,14H,2-11H2,1H3,(H,15,16). The van der Waals surface area contributed by atoms with E-state index in [-0.39, 0.29) is 5.91 Å². The van der Waals surface area contributed by atoms with Gasteiger partial charge in [0.05, 0.1) is 0 Å². The van der Waals surface area contributed by atoms with Gasteiger partial charge in [-0.15, -0.1) is 0 Å². The molecule has 16 heavy (non-hydrogen) atoms. The Balaban J connectivity index is 1.96. The Bertz CT molecular complexity index is 188. The molecule has 2 N–H and O–H groups in total. The van der Waals surface area contributed by atoms with E-state index >= 15 is 0 Å². The van der Waals surface area contributed by atoms with Gasteiger partial charge >= 0.3 is 0 Å². The average Bonchev–Trinajstić information content (AvgIpc) is 2.33. The van der Waals surface area contributed by atoms with Crippen LogP contribution in [0.15, 0.2) is 0 Å². The second-order valence-electron chi connectivity index (χ2n) is 4.85. The Hall–Kier alpha value is -0.570. The van der Waals surface area contributed by atoms with Crippen molar-refractivity contribution in [3.8, 4) is 0 Å². The Kier molecular flexibility index (Phi) is 7.23. The summed E-state index contributed by atoms with van der Waals surface area (Å²) in [7, 11) is 1.94. The molecule has 0 radical (unpaired) electrons. The highest BCUT2D eigenvalue weighted by Crippen LogP contribution is 2.27. The molecular weight excluding hydrogens is 200 g/mol. The highest BCUT2D eigenvalue weighted by molar-refractivity contribution is 5.75. The van der Waals surface area contributed by atoms with Crippen LogP contribution in [0.5, 0.6) is 0 Å². The minimum absolute atomic E-state index is 0.238. The summed E-state index contributed by atoms with van der Waals surface area (Å²) in [5.74, 6) is 1.05. The maximum Gasteiger partial charge on any atom is 0.220 e. The molecule has 0 aliphatic heterocycles. The van der Waals surface area contributed by atoms with Crippen LogP contribution >= 0.6 is 0 Å². The zero-order valence-electron chi connectivity index (χ0n) is 10.6. The van der Waals surface area contributed by atoms with Crippen LogP contribution in [0.4, 0.5) is 0 Å². The van der Waals surface area contributed by atoms with Gasteiger partial charge in [0, 0.05) is 13.0 Å². The van der Waals surface area contributed by atoms with Gasteiger partial charge in [0.15, 0.2) is 0 Å². The van der Waals surface area contributed by atoms with Crippen molar-refractivity contribution in [2.45, 2.75) is 51.4 Å². The smallest absolute Gasteiger partial charge is 0.220 e. The first-order valence-corrected chi connectivity index (χ1v) is 6.74. The number of carbonyl (C=O) groups is 1. The van der Waals surface area contributed by atoms with E-state index in [9.17, 15) is 4.79 Å². The van der Waals surface area contributed by atoms with Gasteiger partial charge in [0.1, 0.15) is 0 Å². The third-order valence-corrected chi connectivity index (χ3v) is 3.43. The van der Waals surface area contributed by atoms with Gasteiger partial charge in [-0.3, -0.25) is 4.79 Å². The third kappa shape index (κ3) is 6.11. The summed E-state index contributed by atoms with van der Waals surface area (Å²) in [5.41, 5.74) is 0. The zero-order valence-corrected chi connectivity index (χ0v) is 10.6. The molecule has 0 saturated heterocycles. The van der Waals surface area contributed by atoms with E-state index in [1.165, 1.54) is 32.1 Å². The summed E-state index contributed by atoms with van der Waals surface area (Å²) in [6, 6.07) is 0. The maximum atomic E-state index is 11.5. The Morgan fingerprint density at radius 2 is 1.94 bits per heavy atom. The van der Waals surface area contributed by atoms with E-state index in [1.54, 1.807) is 0 Å². The maximum absolute atomic E-state index is 11.5. The van der Waals surface area contributed by atoms with Gasteiger partial charge in [0.25, 0.3) is 0 Å². The Labute approximate surface area is 99.4 Å². The van der Waals surface area contributed by atoms with Crippen molar-refractivity contribution in [2.75, 3.05) is 20.1 Å². The minimum atomic E-state index is 0.238. The zero-order chi connectivity index (χ0) is 11.6. The van der Waals surface area contributed by atoms with E-state index in [0.29, 0.717) is 0 Å². The average molecular weight is 226 g/mol. The molecule has 0 spiro atoms. The number of amides is 1. The number of carbonyl (C=O) groups excluding carboxylic acids is 1. The van der Waals surface area contributed by atoms with Gasteiger partial charge in [0.2, 0.25) is 5.91 Å². The molecule has 0 bridgehead atoms. The van der Waals surface area contributed by atoms with Crippen LogP contribution in [0.25, 0.3) is 0 Å². The molecular formula is C13H26N2O.